The monoisotopic (exact) mass is 657 g/mol. The Morgan fingerprint density at radius 2 is 1.72 bits per heavy atom. The Hall–Kier alpha value is -1.81. The molecule has 2 aromatic rings. The molecule has 9 nitrogen and oxygen atoms in total. The van der Waals surface area contributed by atoms with Gasteiger partial charge in [-0.1, -0.05) is 37.9 Å². The van der Waals surface area contributed by atoms with Gasteiger partial charge in [0.1, 0.15) is 4.90 Å². The van der Waals surface area contributed by atoms with Gasteiger partial charge in [-0.15, -0.1) is 0 Å². The highest BCUT2D eigenvalue weighted by Gasteiger charge is 2.42. The number of aromatic nitrogens is 1. The molecular formula is C21H24Br2F3N5O4S. The summed E-state index contributed by atoms with van der Waals surface area (Å²) in [7, 11) is -4.50. The molecule has 1 aliphatic heterocycles. The minimum atomic E-state index is -5.01. The Morgan fingerprint density at radius 1 is 1.08 bits per heavy atom. The van der Waals surface area contributed by atoms with Gasteiger partial charge in [0.25, 0.3) is 5.69 Å². The van der Waals surface area contributed by atoms with Crippen molar-refractivity contribution in [1.82, 2.24) is 14.2 Å². The highest BCUT2D eigenvalue weighted by molar-refractivity contribution is 9.09. The van der Waals surface area contributed by atoms with Gasteiger partial charge in [0, 0.05) is 74.8 Å². The zero-order valence-electron chi connectivity index (χ0n) is 19.0. The molecule has 1 aromatic heterocycles. The minimum Gasteiger partial charge on any atom is -0.368 e. The van der Waals surface area contributed by atoms with Crippen molar-refractivity contribution >= 4 is 53.3 Å². The van der Waals surface area contributed by atoms with Crippen LogP contribution < -0.4 is 4.90 Å². The summed E-state index contributed by atoms with van der Waals surface area (Å²) in [5.41, 5.74) is -2.06. The summed E-state index contributed by atoms with van der Waals surface area (Å²) in [6.07, 6.45) is -3.35. The van der Waals surface area contributed by atoms with Crippen LogP contribution in [0.5, 0.6) is 0 Å². The molecule has 0 spiro atoms. The molecule has 0 amide bonds. The van der Waals surface area contributed by atoms with E-state index in [9.17, 15) is 31.7 Å². The van der Waals surface area contributed by atoms with E-state index in [1.54, 1.807) is 12.3 Å². The molecule has 3 rings (SSSR count). The third-order valence-corrected chi connectivity index (χ3v) is 8.28. The van der Waals surface area contributed by atoms with Gasteiger partial charge in [-0.2, -0.15) is 17.5 Å². The van der Waals surface area contributed by atoms with Gasteiger partial charge in [0.2, 0.25) is 10.0 Å². The average Bonchev–Trinajstić information content (AvgIpc) is 2.83. The fourth-order valence-electron chi connectivity index (χ4n) is 3.96. The van der Waals surface area contributed by atoms with Crippen molar-refractivity contribution in [2.75, 3.05) is 54.8 Å². The van der Waals surface area contributed by atoms with Crippen LogP contribution >= 0.6 is 31.9 Å². The molecule has 0 N–H and O–H groups in total. The standard InChI is InChI=1S/C21H24Br2F3N5O4S/c22-4-7-29(8-5-23)20-18(21(24,25)26)13-17(31(32)33)14-19(20)36(34,35)30-11-9-28(10-12-30)15-16-3-1-2-6-27-16/h1-3,6,13-14H,4-5,7-12,15H2. The third kappa shape index (κ3) is 6.73. The maximum atomic E-state index is 14.1. The van der Waals surface area contributed by atoms with Gasteiger partial charge in [0.05, 0.1) is 21.9 Å². The molecule has 1 saturated heterocycles. The number of benzene rings is 1. The summed E-state index contributed by atoms with van der Waals surface area (Å²) in [5.74, 6) is 0. The number of hydrogen-bond donors (Lipinski definition) is 0. The second-order valence-corrected chi connectivity index (χ2v) is 11.5. The van der Waals surface area contributed by atoms with Gasteiger partial charge in [-0.25, -0.2) is 8.42 Å². The Labute approximate surface area is 223 Å². The van der Waals surface area contributed by atoms with Crippen LogP contribution in [0.2, 0.25) is 0 Å². The Bertz CT molecular complexity index is 1160. The molecule has 0 saturated carbocycles. The number of pyridine rings is 1. The van der Waals surface area contributed by atoms with E-state index >= 15 is 0 Å². The van der Waals surface area contributed by atoms with E-state index < -0.39 is 43.0 Å². The van der Waals surface area contributed by atoms with Crippen molar-refractivity contribution in [3.63, 3.8) is 0 Å². The Kier molecular flexibility index (Phi) is 9.71. The zero-order chi connectivity index (χ0) is 26.5. The number of alkyl halides is 5. The number of piperazine rings is 1. The molecule has 0 atom stereocenters. The first-order valence-electron chi connectivity index (χ1n) is 10.9. The lowest BCUT2D eigenvalue weighted by Gasteiger charge is -2.35. The lowest BCUT2D eigenvalue weighted by molar-refractivity contribution is -0.385. The Morgan fingerprint density at radius 3 is 2.22 bits per heavy atom. The van der Waals surface area contributed by atoms with Crippen LogP contribution in [0.4, 0.5) is 24.5 Å². The third-order valence-electron chi connectivity index (χ3n) is 5.66. The van der Waals surface area contributed by atoms with E-state index in [2.05, 4.69) is 36.8 Å². The number of non-ortho nitro benzene ring substituents is 1. The summed E-state index contributed by atoms with van der Waals surface area (Å²) >= 11 is 6.40. The lowest BCUT2D eigenvalue weighted by Crippen LogP contribution is -2.48. The van der Waals surface area contributed by atoms with Gasteiger partial charge in [0.15, 0.2) is 0 Å². The summed E-state index contributed by atoms with van der Waals surface area (Å²) in [6, 6.07) is 6.61. The average molecular weight is 659 g/mol. The van der Waals surface area contributed by atoms with Crippen LogP contribution in [0.15, 0.2) is 41.4 Å². The van der Waals surface area contributed by atoms with Crippen molar-refractivity contribution in [3.8, 4) is 0 Å². The van der Waals surface area contributed by atoms with E-state index in [-0.39, 0.29) is 36.8 Å². The van der Waals surface area contributed by atoms with Crippen LogP contribution in [-0.4, -0.2) is 77.5 Å². The fraction of sp³-hybridized carbons (Fsp3) is 0.476. The van der Waals surface area contributed by atoms with Crippen molar-refractivity contribution in [2.24, 2.45) is 0 Å². The molecule has 1 aromatic carbocycles. The fourth-order valence-corrected chi connectivity index (χ4v) is 6.50. The molecule has 2 heterocycles. The number of nitro benzene ring substituents is 1. The van der Waals surface area contributed by atoms with Crippen LogP contribution in [0.25, 0.3) is 0 Å². The van der Waals surface area contributed by atoms with Crippen molar-refractivity contribution in [1.29, 1.82) is 0 Å². The number of halogens is 5. The smallest absolute Gasteiger partial charge is 0.368 e. The molecule has 15 heteroatoms. The van der Waals surface area contributed by atoms with E-state index in [0.29, 0.717) is 25.7 Å². The van der Waals surface area contributed by atoms with Crippen molar-refractivity contribution in [2.45, 2.75) is 17.6 Å². The number of anilines is 1. The number of nitro groups is 1. The first-order chi connectivity index (χ1) is 17.0. The second-order valence-electron chi connectivity index (χ2n) is 7.96. The summed E-state index contributed by atoms with van der Waals surface area (Å²) in [6.45, 7) is 1.33. The number of nitrogens with zero attached hydrogens (tertiary/aromatic N) is 5. The van der Waals surface area contributed by atoms with Crippen molar-refractivity contribution in [3.05, 3.63) is 57.9 Å². The highest BCUT2D eigenvalue weighted by Crippen LogP contribution is 2.43. The normalized spacial score (nSPS) is 15.7. The van der Waals surface area contributed by atoms with E-state index in [1.165, 1.54) is 4.90 Å². The Balaban J connectivity index is 2.03. The van der Waals surface area contributed by atoms with Gasteiger partial charge in [-0.3, -0.25) is 20.0 Å². The first-order valence-corrected chi connectivity index (χ1v) is 14.6. The minimum absolute atomic E-state index is 0.0234. The largest absolute Gasteiger partial charge is 0.418 e. The quantitative estimate of drug-likeness (QED) is 0.215. The van der Waals surface area contributed by atoms with Gasteiger partial charge in [-0.05, 0) is 12.1 Å². The van der Waals surface area contributed by atoms with E-state index in [4.69, 9.17) is 0 Å². The van der Waals surface area contributed by atoms with Crippen molar-refractivity contribution < 1.29 is 26.5 Å². The molecule has 1 fully saturated rings. The van der Waals surface area contributed by atoms with E-state index in [1.807, 2.05) is 17.0 Å². The number of sulfonamides is 1. The van der Waals surface area contributed by atoms with Gasteiger partial charge >= 0.3 is 6.18 Å². The predicted molar refractivity (Wildman–Crippen MR) is 136 cm³/mol. The molecule has 0 aliphatic carbocycles. The number of hydrogen-bond acceptors (Lipinski definition) is 7. The second kappa shape index (κ2) is 12.2. The highest BCUT2D eigenvalue weighted by atomic mass is 79.9. The molecule has 0 bridgehead atoms. The van der Waals surface area contributed by atoms with Gasteiger partial charge < -0.3 is 4.90 Å². The summed E-state index contributed by atoms with van der Waals surface area (Å²) in [5, 5.41) is 12.0. The first kappa shape index (κ1) is 28.8. The topological polar surface area (TPSA) is 99.9 Å². The molecular weight excluding hydrogens is 635 g/mol. The maximum absolute atomic E-state index is 14.1. The SMILES string of the molecule is O=[N+]([O-])c1cc(C(F)(F)F)c(N(CCBr)CCBr)c(S(=O)(=O)N2CCN(Cc3ccccn3)CC2)c1. The predicted octanol–water partition coefficient (Wildman–Crippen LogP) is 4.11. The molecule has 1 aliphatic rings. The molecule has 36 heavy (non-hydrogen) atoms. The van der Waals surface area contributed by atoms with Crippen LogP contribution in [0.1, 0.15) is 11.3 Å². The molecule has 198 valence electrons. The van der Waals surface area contributed by atoms with E-state index in [0.717, 1.165) is 16.1 Å². The summed E-state index contributed by atoms with van der Waals surface area (Å²) < 4.78 is 70.8. The number of rotatable bonds is 10. The molecule has 0 radical (unpaired) electrons. The maximum Gasteiger partial charge on any atom is 0.418 e. The summed E-state index contributed by atoms with van der Waals surface area (Å²) in [4.78, 5) is 17.3. The van der Waals surface area contributed by atoms with Crippen LogP contribution in [-0.2, 0) is 22.7 Å². The molecule has 0 unspecified atom stereocenters. The van der Waals surface area contributed by atoms with Crippen LogP contribution in [0.3, 0.4) is 0 Å². The lowest BCUT2D eigenvalue weighted by atomic mass is 10.1. The van der Waals surface area contributed by atoms with Crippen LogP contribution in [0, 0.1) is 10.1 Å². The zero-order valence-corrected chi connectivity index (χ0v) is 23.0.